The molecule has 19 heavy (non-hydrogen) atoms. The number of benzene rings is 1. The van der Waals surface area contributed by atoms with Gasteiger partial charge < -0.3 is 5.73 Å². The van der Waals surface area contributed by atoms with Crippen molar-refractivity contribution in [3.63, 3.8) is 0 Å². The van der Waals surface area contributed by atoms with Crippen molar-refractivity contribution in [2.75, 3.05) is 12.3 Å². The second-order valence-corrected chi connectivity index (χ2v) is 6.71. The van der Waals surface area contributed by atoms with Crippen LogP contribution in [0.2, 0.25) is 0 Å². The molecule has 0 saturated heterocycles. The Morgan fingerprint density at radius 1 is 1.32 bits per heavy atom. The summed E-state index contributed by atoms with van der Waals surface area (Å²) < 4.78 is 39.7. The van der Waals surface area contributed by atoms with Gasteiger partial charge in [-0.3, -0.25) is 0 Å². The van der Waals surface area contributed by atoms with E-state index in [4.69, 9.17) is 5.73 Å². The average Bonchev–Trinajstić information content (AvgIpc) is 2.31. The molecular weight excluding hydrogens is 267 g/mol. The van der Waals surface area contributed by atoms with E-state index in [0.29, 0.717) is 12.5 Å². The minimum atomic E-state index is -3.82. The highest BCUT2D eigenvalue weighted by Crippen LogP contribution is 2.17. The Hall–Kier alpha value is -1.14. The van der Waals surface area contributed by atoms with Crippen LogP contribution in [-0.2, 0) is 10.0 Å². The average molecular weight is 288 g/mol. The topological polar surface area (TPSA) is 72.2 Å². The van der Waals surface area contributed by atoms with Crippen molar-refractivity contribution in [1.82, 2.24) is 4.72 Å². The number of nitrogen functional groups attached to an aromatic ring is 1. The van der Waals surface area contributed by atoms with Crippen molar-refractivity contribution in [1.29, 1.82) is 0 Å². The molecule has 0 fully saturated rings. The fourth-order valence-corrected chi connectivity index (χ4v) is 2.87. The van der Waals surface area contributed by atoms with E-state index in [1.807, 2.05) is 0 Å². The van der Waals surface area contributed by atoms with Crippen LogP contribution in [0.3, 0.4) is 0 Å². The molecule has 0 heterocycles. The third-order valence-electron chi connectivity index (χ3n) is 2.75. The molecule has 1 rings (SSSR count). The molecule has 0 unspecified atom stereocenters. The highest BCUT2D eigenvalue weighted by Gasteiger charge is 2.18. The summed E-state index contributed by atoms with van der Waals surface area (Å²) in [6, 6.07) is 3.52. The normalized spacial score (nSPS) is 12.0. The molecule has 0 spiro atoms. The first-order valence-electron chi connectivity index (χ1n) is 6.37. The number of halogens is 1. The van der Waals surface area contributed by atoms with Gasteiger partial charge in [0.1, 0.15) is 10.7 Å². The number of hydrogen-bond donors (Lipinski definition) is 2. The van der Waals surface area contributed by atoms with Gasteiger partial charge in [-0.05, 0) is 30.5 Å². The fourth-order valence-electron chi connectivity index (χ4n) is 1.69. The molecule has 3 N–H and O–H groups in total. The summed E-state index contributed by atoms with van der Waals surface area (Å²) in [5.41, 5.74) is 5.70. The predicted molar refractivity (Wildman–Crippen MR) is 74.7 cm³/mol. The number of hydrogen-bond acceptors (Lipinski definition) is 3. The molecule has 0 aliphatic carbocycles. The Labute approximate surface area is 114 Å². The van der Waals surface area contributed by atoms with Crippen molar-refractivity contribution >= 4 is 15.7 Å². The molecule has 0 saturated carbocycles. The zero-order valence-corrected chi connectivity index (χ0v) is 12.1. The van der Waals surface area contributed by atoms with Crippen molar-refractivity contribution < 1.29 is 12.8 Å². The number of sulfonamides is 1. The summed E-state index contributed by atoms with van der Waals surface area (Å²) in [5.74, 6) is -0.188. The van der Waals surface area contributed by atoms with E-state index >= 15 is 0 Å². The minimum Gasteiger partial charge on any atom is -0.399 e. The number of unbranched alkanes of at least 4 members (excludes halogenated alkanes) is 1. The Kier molecular flexibility index (Phi) is 5.75. The van der Waals surface area contributed by atoms with Gasteiger partial charge in [0.2, 0.25) is 10.0 Å². The first-order chi connectivity index (χ1) is 8.83. The van der Waals surface area contributed by atoms with Crippen molar-refractivity contribution in [2.45, 2.75) is 38.0 Å². The van der Waals surface area contributed by atoms with Gasteiger partial charge in [-0.1, -0.05) is 26.7 Å². The Morgan fingerprint density at radius 3 is 2.63 bits per heavy atom. The Morgan fingerprint density at radius 2 is 2.00 bits per heavy atom. The van der Waals surface area contributed by atoms with Crippen molar-refractivity contribution in [2.24, 2.45) is 5.92 Å². The quantitative estimate of drug-likeness (QED) is 0.598. The van der Waals surface area contributed by atoms with E-state index in [1.165, 1.54) is 6.07 Å². The molecule has 1 aromatic carbocycles. The molecule has 4 nitrogen and oxygen atoms in total. The van der Waals surface area contributed by atoms with E-state index in [1.54, 1.807) is 0 Å². The van der Waals surface area contributed by atoms with Gasteiger partial charge in [-0.25, -0.2) is 17.5 Å². The summed E-state index contributed by atoms with van der Waals surface area (Å²) in [4.78, 5) is -0.392. The van der Waals surface area contributed by atoms with Gasteiger partial charge in [-0.15, -0.1) is 0 Å². The van der Waals surface area contributed by atoms with Crippen LogP contribution in [0.25, 0.3) is 0 Å². The molecule has 0 amide bonds. The second-order valence-electron chi connectivity index (χ2n) is 4.98. The lowest BCUT2D eigenvalue weighted by atomic mass is 10.1. The zero-order valence-electron chi connectivity index (χ0n) is 11.3. The highest BCUT2D eigenvalue weighted by atomic mass is 32.2. The molecule has 108 valence electrons. The largest absolute Gasteiger partial charge is 0.399 e. The number of rotatable bonds is 7. The SMILES string of the molecule is CC(C)CCCCNS(=O)(=O)c1cc(N)ccc1F. The summed E-state index contributed by atoms with van der Waals surface area (Å²) in [6.45, 7) is 4.54. The van der Waals surface area contributed by atoms with Gasteiger partial charge in [0.25, 0.3) is 0 Å². The van der Waals surface area contributed by atoms with Gasteiger partial charge in [0.15, 0.2) is 0 Å². The van der Waals surface area contributed by atoms with Crippen LogP contribution in [0.1, 0.15) is 33.1 Å². The fraction of sp³-hybridized carbons (Fsp3) is 0.538. The van der Waals surface area contributed by atoms with E-state index < -0.39 is 20.7 Å². The van der Waals surface area contributed by atoms with Crippen molar-refractivity contribution in [3.8, 4) is 0 Å². The second kappa shape index (κ2) is 6.86. The third kappa shape index (κ3) is 5.16. The smallest absolute Gasteiger partial charge is 0.243 e. The van der Waals surface area contributed by atoms with E-state index in [2.05, 4.69) is 18.6 Å². The summed E-state index contributed by atoms with van der Waals surface area (Å²) in [6.07, 6.45) is 2.73. The van der Waals surface area contributed by atoms with Crippen molar-refractivity contribution in [3.05, 3.63) is 24.0 Å². The first kappa shape index (κ1) is 15.9. The summed E-state index contributed by atoms with van der Waals surface area (Å²) in [5, 5.41) is 0. The Bertz CT molecular complexity index is 515. The standard InChI is InChI=1S/C13H21FN2O2S/c1-10(2)5-3-4-8-16-19(17,18)13-9-11(15)6-7-12(13)14/h6-7,9-10,16H,3-5,8,15H2,1-2H3. The molecule has 0 atom stereocenters. The number of anilines is 1. The molecule has 0 aliphatic heterocycles. The first-order valence-corrected chi connectivity index (χ1v) is 7.86. The van der Waals surface area contributed by atoms with Gasteiger partial charge >= 0.3 is 0 Å². The summed E-state index contributed by atoms with van der Waals surface area (Å²) >= 11 is 0. The molecule has 6 heteroatoms. The minimum absolute atomic E-state index is 0.224. The molecule has 0 bridgehead atoms. The highest BCUT2D eigenvalue weighted by molar-refractivity contribution is 7.89. The van der Waals surface area contributed by atoms with Crippen LogP contribution in [0, 0.1) is 11.7 Å². The maximum absolute atomic E-state index is 13.5. The predicted octanol–water partition coefficient (Wildman–Crippen LogP) is 2.51. The maximum atomic E-state index is 13.5. The lowest BCUT2D eigenvalue weighted by Gasteiger charge is -2.09. The van der Waals surface area contributed by atoms with Crippen LogP contribution >= 0.6 is 0 Å². The molecular formula is C13H21FN2O2S. The molecule has 0 radical (unpaired) electrons. The van der Waals surface area contributed by atoms with Crippen LogP contribution in [-0.4, -0.2) is 15.0 Å². The monoisotopic (exact) mass is 288 g/mol. The third-order valence-corrected chi connectivity index (χ3v) is 4.22. The van der Waals surface area contributed by atoms with E-state index in [0.717, 1.165) is 31.4 Å². The van der Waals surface area contributed by atoms with Gasteiger partial charge in [0.05, 0.1) is 0 Å². The van der Waals surface area contributed by atoms with Crippen LogP contribution < -0.4 is 10.5 Å². The summed E-state index contributed by atoms with van der Waals surface area (Å²) in [7, 11) is -3.82. The van der Waals surface area contributed by atoms with E-state index in [-0.39, 0.29) is 5.69 Å². The van der Waals surface area contributed by atoms with Gasteiger partial charge in [-0.2, -0.15) is 0 Å². The lowest BCUT2D eigenvalue weighted by Crippen LogP contribution is -2.25. The molecule has 0 aliphatic rings. The zero-order chi connectivity index (χ0) is 14.5. The molecule has 0 aromatic heterocycles. The van der Waals surface area contributed by atoms with Crippen LogP contribution in [0.5, 0.6) is 0 Å². The number of nitrogens with two attached hydrogens (primary N) is 1. The lowest BCUT2D eigenvalue weighted by molar-refractivity contribution is 0.527. The number of nitrogens with one attached hydrogen (secondary N) is 1. The molecule has 1 aromatic rings. The van der Waals surface area contributed by atoms with E-state index in [9.17, 15) is 12.8 Å². The Balaban J connectivity index is 2.59. The van der Waals surface area contributed by atoms with Crippen LogP contribution in [0.4, 0.5) is 10.1 Å². The maximum Gasteiger partial charge on any atom is 0.243 e. The van der Waals surface area contributed by atoms with Crippen LogP contribution in [0.15, 0.2) is 23.1 Å². The van der Waals surface area contributed by atoms with Gasteiger partial charge in [0, 0.05) is 12.2 Å².